The first-order chi connectivity index (χ1) is 11.8. The van der Waals surface area contributed by atoms with Crippen LogP contribution in [0.5, 0.6) is 0 Å². The molecule has 0 bridgehead atoms. The molecular weight excluding hydrogens is 318 g/mol. The molecule has 4 nitrogen and oxygen atoms in total. The Balaban J connectivity index is 1.62. The number of H-pyrrole nitrogens is 1. The van der Waals surface area contributed by atoms with Gasteiger partial charge in [-0.05, 0) is 30.2 Å². The zero-order valence-corrected chi connectivity index (χ0v) is 14.1. The molecule has 0 saturated heterocycles. The molecule has 0 saturated carbocycles. The average molecular weight is 335 g/mol. The Bertz CT molecular complexity index is 899. The van der Waals surface area contributed by atoms with E-state index in [4.69, 9.17) is 0 Å². The van der Waals surface area contributed by atoms with Crippen LogP contribution in [-0.4, -0.2) is 16.1 Å². The lowest BCUT2D eigenvalue weighted by atomic mass is 10.1. The van der Waals surface area contributed by atoms with E-state index in [0.29, 0.717) is 5.69 Å². The van der Waals surface area contributed by atoms with Crippen molar-refractivity contribution >= 4 is 23.4 Å². The van der Waals surface area contributed by atoms with E-state index in [0.717, 1.165) is 34.7 Å². The Kier molecular flexibility index (Phi) is 3.86. The summed E-state index contributed by atoms with van der Waals surface area (Å²) in [6.07, 6.45) is 0.985. The number of hydrogen-bond acceptors (Lipinski definition) is 3. The number of hydrogen-bond donors (Lipinski definition) is 2. The lowest BCUT2D eigenvalue weighted by molar-refractivity contribution is 0.102. The number of benzene rings is 2. The molecule has 1 aliphatic heterocycles. The third-order valence-corrected chi connectivity index (χ3v) is 5.33. The fourth-order valence-corrected chi connectivity index (χ4v) is 3.95. The number of carbonyl (C=O) groups is 1. The minimum atomic E-state index is -0.145. The van der Waals surface area contributed by atoms with E-state index >= 15 is 0 Å². The molecule has 2 heterocycles. The molecule has 2 aromatic carbocycles. The first-order valence-electron chi connectivity index (χ1n) is 7.96. The topological polar surface area (TPSA) is 57.8 Å². The SMILES string of the molecule is CCc1ccc(NC(=O)c2[nH]nc3c2CSc2ccccc2-3)cc1. The van der Waals surface area contributed by atoms with Crippen LogP contribution in [0.3, 0.4) is 0 Å². The molecule has 24 heavy (non-hydrogen) atoms. The number of amides is 1. The van der Waals surface area contributed by atoms with Crippen molar-refractivity contribution in [3.05, 3.63) is 65.4 Å². The quantitative estimate of drug-likeness (QED) is 0.741. The maximum absolute atomic E-state index is 12.6. The Morgan fingerprint density at radius 2 is 2.00 bits per heavy atom. The Morgan fingerprint density at radius 3 is 2.79 bits per heavy atom. The van der Waals surface area contributed by atoms with Gasteiger partial charge in [0.25, 0.3) is 5.91 Å². The van der Waals surface area contributed by atoms with E-state index in [2.05, 4.69) is 28.5 Å². The zero-order chi connectivity index (χ0) is 16.5. The van der Waals surface area contributed by atoms with Gasteiger partial charge in [0, 0.05) is 27.5 Å². The van der Waals surface area contributed by atoms with Gasteiger partial charge in [-0.3, -0.25) is 9.89 Å². The minimum absolute atomic E-state index is 0.145. The van der Waals surface area contributed by atoms with Gasteiger partial charge in [-0.1, -0.05) is 37.3 Å². The first-order valence-corrected chi connectivity index (χ1v) is 8.94. The minimum Gasteiger partial charge on any atom is -0.321 e. The number of aryl methyl sites for hydroxylation is 1. The second-order valence-electron chi connectivity index (χ2n) is 5.72. The highest BCUT2D eigenvalue weighted by molar-refractivity contribution is 7.98. The fourth-order valence-electron chi connectivity index (χ4n) is 2.87. The van der Waals surface area contributed by atoms with Crippen molar-refractivity contribution in [2.75, 3.05) is 5.32 Å². The summed E-state index contributed by atoms with van der Waals surface area (Å²) in [6.45, 7) is 2.11. The summed E-state index contributed by atoms with van der Waals surface area (Å²) in [6, 6.07) is 16.1. The van der Waals surface area contributed by atoms with Gasteiger partial charge < -0.3 is 5.32 Å². The summed E-state index contributed by atoms with van der Waals surface area (Å²) in [5, 5.41) is 10.3. The summed E-state index contributed by atoms with van der Waals surface area (Å²) in [5.74, 6) is 0.605. The van der Waals surface area contributed by atoms with E-state index < -0.39 is 0 Å². The lowest BCUT2D eigenvalue weighted by Gasteiger charge is -2.15. The van der Waals surface area contributed by atoms with Gasteiger partial charge in [-0.2, -0.15) is 5.10 Å². The van der Waals surface area contributed by atoms with Crippen molar-refractivity contribution in [2.45, 2.75) is 24.0 Å². The average Bonchev–Trinajstić information content (AvgIpc) is 3.07. The number of nitrogens with one attached hydrogen (secondary N) is 2. The molecular formula is C19H17N3OS. The molecule has 5 heteroatoms. The highest BCUT2D eigenvalue weighted by Crippen LogP contribution is 2.41. The van der Waals surface area contributed by atoms with Crippen molar-refractivity contribution < 1.29 is 4.79 Å². The fraction of sp³-hybridized carbons (Fsp3) is 0.158. The normalized spacial score (nSPS) is 12.4. The van der Waals surface area contributed by atoms with Crippen LogP contribution in [0.15, 0.2) is 53.4 Å². The number of carbonyl (C=O) groups excluding carboxylic acids is 1. The zero-order valence-electron chi connectivity index (χ0n) is 13.3. The standard InChI is InChI=1S/C19H17N3OS/c1-2-12-7-9-13(10-8-12)20-19(23)18-15-11-24-16-6-4-3-5-14(16)17(15)21-22-18/h3-10H,2,11H2,1H3,(H,20,23)(H,21,22). The molecule has 1 aliphatic rings. The van der Waals surface area contributed by atoms with Gasteiger partial charge in [-0.25, -0.2) is 0 Å². The number of rotatable bonds is 3. The Labute approximate surface area is 144 Å². The Morgan fingerprint density at radius 1 is 1.21 bits per heavy atom. The van der Waals surface area contributed by atoms with Crippen LogP contribution >= 0.6 is 11.8 Å². The van der Waals surface area contributed by atoms with E-state index in [9.17, 15) is 4.79 Å². The molecule has 0 atom stereocenters. The molecule has 4 rings (SSSR count). The van der Waals surface area contributed by atoms with Crippen molar-refractivity contribution in [3.8, 4) is 11.3 Å². The summed E-state index contributed by atoms with van der Waals surface area (Å²) in [7, 11) is 0. The van der Waals surface area contributed by atoms with Gasteiger partial charge in [-0.15, -0.1) is 11.8 Å². The molecule has 1 aromatic heterocycles. The van der Waals surface area contributed by atoms with Gasteiger partial charge in [0.05, 0.1) is 5.69 Å². The molecule has 0 aliphatic carbocycles. The van der Waals surface area contributed by atoms with Crippen molar-refractivity contribution in [2.24, 2.45) is 0 Å². The predicted octanol–water partition coefficient (Wildman–Crippen LogP) is 4.50. The number of aromatic nitrogens is 2. The number of nitrogens with zero attached hydrogens (tertiary/aromatic N) is 1. The van der Waals surface area contributed by atoms with Crippen LogP contribution in [0.2, 0.25) is 0 Å². The van der Waals surface area contributed by atoms with Crippen LogP contribution < -0.4 is 5.32 Å². The van der Waals surface area contributed by atoms with Crippen LogP contribution in [0.1, 0.15) is 28.5 Å². The van der Waals surface area contributed by atoms with Gasteiger partial charge in [0.15, 0.2) is 0 Å². The maximum Gasteiger partial charge on any atom is 0.274 e. The smallest absolute Gasteiger partial charge is 0.274 e. The monoisotopic (exact) mass is 335 g/mol. The first kappa shape index (κ1) is 15.0. The highest BCUT2D eigenvalue weighted by Gasteiger charge is 2.25. The molecule has 0 radical (unpaired) electrons. The van der Waals surface area contributed by atoms with E-state index in [1.54, 1.807) is 11.8 Å². The number of fused-ring (bicyclic) bond motifs is 3. The van der Waals surface area contributed by atoms with Crippen LogP contribution in [-0.2, 0) is 12.2 Å². The second kappa shape index (κ2) is 6.17. The van der Waals surface area contributed by atoms with Crippen molar-refractivity contribution in [3.63, 3.8) is 0 Å². The maximum atomic E-state index is 12.6. The molecule has 120 valence electrons. The molecule has 1 amide bonds. The number of thioether (sulfide) groups is 1. The van der Waals surface area contributed by atoms with Crippen LogP contribution in [0.25, 0.3) is 11.3 Å². The summed E-state index contributed by atoms with van der Waals surface area (Å²) < 4.78 is 0. The molecule has 0 spiro atoms. The predicted molar refractivity (Wildman–Crippen MR) is 97.4 cm³/mol. The van der Waals surface area contributed by atoms with Gasteiger partial charge in [0.2, 0.25) is 0 Å². The van der Waals surface area contributed by atoms with E-state index in [1.807, 2.05) is 42.5 Å². The summed E-state index contributed by atoms with van der Waals surface area (Å²) in [4.78, 5) is 13.8. The molecule has 3 aromatic rings. The van der Waals surface area contributed by atoms with Crippen LogP contribution in [0, 0.1) is 0 Å². The highest BCUT2D eigenvalue weighted by atomic mass is 32.2. The van der Waals surface area contributed by atoms with Gasteiger partial charge in [0.1, 0.15) is 5.69 Å². The van der Waals surface area contributed by atoms with E-state index in [-0.39, 0.29) is 5.91 Å². The molecule has 0 unspecified atom stereocenters. The summed E-state index contributed by atoms with van der Waals surface area (Å²) >= 11 is 1.74. The largest absolute Gasteiger partial charge is 0.321 e. The van der Waals surface area contributed by atoms with Crippen molar-refractivity contribution in [1.82, 2.24) is 10.2 Å². The second-order valence-corrected chi connectivity index (χ2v) is 6.73. The molecule has 0 fully saturated rings. The van der Waals surface area contributed by atoms with Crippen LogP contribution in [0.4, 0.5) is 5.69 Å². The number of anilines is 1. The van der Waals surface area contributed by atoms with Crippen molar-refractivity contribution in [1.29, 1.82) is 0 Å². The third-order valence-electron chi connectivity index (χ3n) is 4.23. The number of aromatic amines is 1. The lowest BCUT2D eigenvalue weighted by Crippen LogP contribution is -2.14. The third kappa shape index (κ3) is 2.61. The van der Waals surface area contributed by atoms with E-state index in [1.165, 1.54) is 10.5 Å². The Hall–Kier alpha value is -2.53. The summed E-state index contributed by atoms with van der Waals surface area (Å²) in [5.41, 5.74) is 5.54. The van der Waals surface area contributed by atoms with Gasteiger partial charge >= 0.3 is 0 Å². The molecule has 2 N–H and O–H groups in total.